The van der Waals surface area contributed by atoms with Crippen LogP contribution < -0.4 is 19.9 Å². The van der Waals surface area contributed by atoms with Crippen molar-refractivity contribution in [3.63, 3.8) is 0 Å². The summed E-state index contributed by atoms with van der Waals surface area (Å²) in [6.07, 6.45) is 1.56. The lowest BCUT2D eigenvalue weighted by molar-refractivity contribution is -0.113. The molecule has 33 heavy (non-hydrogen) atoms. The molecule has 0 aliphatic carbocycles. The minimum atomic E-state index is -0.126. The Hall–Kier alpha value is -2.97. The highest BCUT2D eigenvalue weighted by molar-refractivity contribution is 7.99. The zero-order chi connectivity index (χ0) is 23.2. The maximum atomic E-state index is 12.4. The minimum absolute atomic E-state index is 0.126. The summed E-state index contributed by atoms with van der Waals surface area (Å²) in [5.41, 5.74) is 2.85. The van der Waals surface area contributed by atoms with Gasteiger partial charge in [0.05, 0.1) is 23.6 Å². The van der Waals surface area contributed by atoms with E-state index in [1.807, 2.05) is 43.3 Å². The average Bonchev–Trinajstić information content (AvgIpc) is 2.85. The number of carbonyl (C=O) groups is 1. The first-order valence-electron chi connectivity index (χ1n) is 10.7. The molecule has 4 rings (SSSR count). The summed E-state index contributed by atoms with van der Waals surface area (Å²) in [5, 5.41) is 4.15. The lowest BCUT2D eigenvalue weighted by Gasteiger charge is -2.36. The lowest BCUT2D eigenvalue weighted by atomic mass is 10.2. The number of nitrogens with one attached hydrogen (secondary N) is 1. The van der Waals surface area contributed by atoms with Gasteiger partial charge in [0.2, 0.25) is 5.91 Å². The third kappa shape index (κ3) is 6.09. The Balaban J connectivity index is 1.30. The fourth-order valence-electron chi connectivity index (χ4n) is 3.62. The largest absolute Gasteiger partial charge is 0.497 e. The number of benzene rings is 2. The highest BCUT2D eigenvalue weighted by Crippen LogP contribution is 2.25. The number of rotatable bonds is 7. The molecule has 0 saturated carbocycles. The maximum Gasteiger partial charge on any atom is 0.234 e. The van der Waals surface area contributed by atoms with Crippen LogP contribution in [0.2, 0.25) is 5.02 Å². The standard InChI is InChI=1S/C24H26ClN5O2S/c1-17-3-8-21(20(25)13-17)28-23(31)15-33-24-14-22(26-16-27-24)30-11-9-29(10-12-30)18-4-6-19(32-2)7-5-18/h3-8,13-14,16H,9-12,15H2,1-2H3,(H,28,31). The van der Waals surface area contributed by atoms with Crippen LogP contribution in [0.4, 0.5) is 17.2 Å². The van der Waals surface area contributed by atoms with Crippen molar-refractivity contribution in [1.82, 2.24) is 9.97 Å². The number of amides is 1. The van der Waals surface area contributed by atoms with Gasteiger partial charge >= 0.3 is 0 Å². The van der Waals surface area contributed by atoms with E-state index in [1.165, 1.54) is 17.4 Å². The quantitative estimate of drug-likeness (QED) is 0.391. The highest BCUT2D eigenvalue weighted by atomic mass is 35.5. The summed E-state index contributed by atoms with van der Waals surface area (Å²) in [4.78, 5) is 25.7. The number of aryl methyl sites for hydroxylation is 1. The van der Waals surface area contributed by atoms with Crippen LogP contribution in [0.15, 0.2) is 59.9 Å². The van der Waals surface area contributed by atoms with Crippen molar-refractivity contribution in [2.24, 2.45) is 0 Å². The molecule has 1 fully saturated rings. The molecule has 7 nitrogen and oxygen atoms in total. The first-order valence-corrected chi connectivity index (χ1v) is 12.0. The summed E-state index contributed by atoms with van der Waals surface area (Å²) < 4.78 is 5.24. The molecule has 1 aromatic heterocycles. The van der Waals surface area contributed by atoms with Crippen LogP contribution in [0.5, 0.6) is 5.75 Å². The SMILES string of the molecule is COc1ccc(N2CCN(c3cc(SCC(=O)Nc4ccc(C)cc4Cl)ncn3)CC2)cc1. The van der Waals surface area contributed by atoms with Crippen molar-refractivity contribution in [3.05, 3.63) is 65.4 Å². The zero-order valence-corrected chi connectivity index (χ0v) is 20.2. The fourth-order valence-corrected chi connectivity index (χ4v) is 4.56. The van der Waals surface area contributed by atoms with E-state index in [9.17, 15) is 4.79 Å². The molecule has 1 saturated heterocycles. The number of anilines is 3. The van der Waals surface area contributed by atoms with Crippen molar-refractivity contribution in [2.45, 2.75) is 11.9 Å². The second kappa shape index (κ2) is 10.8. The van der Waals surface area contributed by atoms with Crippen molar-refractivity contribution in [2.75, 3.05) is 54.2 Å². The van der Waals surface area contributed by atoms with Crippen LogP contribution in [-0.2, 0) is 4.79 Å². The Kier molecular flexibility index (Phi) is 7.57. The molecule has 2 heterocycles. The number of aromatic nitrogens is 2. The van der Waals surface area contributed by atoms with Gasteiger partial charge in [-0.2, -0.15) is 0 Å². The van der Waals surface area contributed by atoms with Gasteiger partial charge in [-0.15, -0.1) is 0 Å². The average molecular weight is 484 g/mol. The molecule has 1 aliphatic heterocycles. The van der Waals surface area contributed by atoms with Crippen LogP contribution in [0.25, 0.3) is 0 Å². The van der Waals surface area contributed by atoms with Gasteiger partial charge in [-0.05, 0) is 48.9 Å². The summed E-state index contributed by atoms with van der Waals surface area (Å²) in [6, 6.07) is 15.6. The Morgan fingerprint density at radius 1 is 1.06 bits per heavy atom. The summed E-state index contributed by atoms with van der Waals surface area (Å²) in [7, 11) is 1.67. The molecule has 3 aromatic rings. The van der Waals surface area contributed by atoms with Crippen LogP contribution >= 0.6 is 23.4 Å². The van der Waals surface area contributed by atoms with E-state index in [4.69, 9.17) is 16.3 Å². The summed E-state index contributed by atoms with van der Waals surface area (Å²) >= 11 is 7.58. The summed E-state index contributed by atoms with van der Waals surface area (Å²) in [5.74, 6) is 1.85. The number of carbonyl (C=O) groups excluding carboxylic acids is 1. The van der Waals surface area contributed by atoms with Crippen molar-refractivity contribution < 1.29 is 9.53 Å². The molecule has 0 radical (unpaired) electrons. The Labute approximate surface area is 203 Å². The zero-order valence-electron chi connectivity index (χ0n) is 18.6. The second-order valence-electron chi connectivity index (χ2n) is 7.71. The monoisotopic (exact) mass is 483 g/mol. The number of piperazine rings is 1. The number of ether oxygens (including phenoxy) is 1. The molecule has 1 amide bonds. The van der Waals surface area contributed by atoms with E-state index in [1.54, 1.807) is 13.4 Å². The van der Waals surface area contributed by atoms with Gasteiger partial charge in [0.15, 0.2) is 0 Å². The second-order valence-corrected chi connectivity index (χ2v) is 9.11. The van der Waals surface area contributed by atoms with Gasteiger partial charge < -0.3 is 19.9 Å². The number of nitrogens with zero attached hydrogens (tertiary/aromatic N) is 4. The maximum absolute atomic E-state index is 12.4. The van der Waals surface area contributed by atoms with Crippen molar-refractivity contribution in [1.29, 1.82) is 0 Å². The van der Waals surface area contributed by atoms with Gasteiger partial charge in [0.1, 0.15) is 22.9 Å². The number of hydrogen-bond donors (Lipinski definition) is 1. The van der Waals surface area contributed by atoms with Gasteiger partial charge in [-0.3, -0.25) is 4.79 Å². The minimum Gasteiger partial charge on any atom is -0.497 e. The Morgan fingerprint density at radius 2 is 1.79 bits per heavy atom. The number of methoxy groups -OCH3 is 1. The van der Waals surface area contributed by atoms with Crippen LogP contribution in [0, 0.1) is 6.92 Å². The molecule has 0 spiro atoms. The molecule has 0 bridgehead atoms. The van der Waals surface area contributed by atoms with Crippen LogP contribution in [0.3, 0.4) is 0 Å². The third-order valence-corrected chi connectivity index (χ3v) is 6.66. The highest BCUT2D eigenvalue weighted by Gasteiger charge is 2.19. The topological polar surface area (TPSA) is 70.6 Å². The predicted octanol–water partition coefficient (Wildman–Crippen LogP) is 4.50. The molecular formula is C24H26ClN5O2S. The van der Waals surface area contributed by atoms with E-state index in [2.05, 4.69) is 37.2 Å². The first kappa shape index (κ1) is 23.2. The molecular weight excluding hydrogens is 458 g/mol. The molecule has 0 atom stereocenters. The Bertz CT molecular complexity index is 1100. The Morgan fingerprint density at radius 3 is 2.48 bits per heavy atom. The third-order valence-electron chi connectivity index (χ3n) is 5.42. The van der Waals surface area contributed by atoms with Crippen LogP contribution in [-0.4, -0.2) is 54.9 Å². The fraction of sp³-hybridized carbons (Fsp3) is 0.292. The van der Waals surface area contributed by atoms with Gasteiger partial charge in [0, 0.05) is 37.9 Å². The first-order chi connectivity index (χ1) is 16.0. The van der Waals surface area contributed by atoms with E-state index < -0.39 is 0 Å². The van der Waals surface area contributed by atoms with Crippen LogP contribution in [0.1, 0.15) is 5.56 Å². The van der Waals surface area contributed by atoms with Gasteiger partial charge in [-0.25, -0.2) is 9.97 Å². The molecule has 0 unspecified atom stereocenters. The normalized spacial score (nSPS) is 13.7. The predicted molar refractivity (Wildman–Crippen MR) is 135 cm³/mol. The summed E-state index contributed by atoms with van der Waals surface area (Å²) in [6.45, 7) is 5.48. The number of halogens is 1. The lowest BCUT2D eigenvalue weighted by Crippen LogP contribution is -2.46. The van der Waals surface area contributed by atoms with E-state index >= 15 is 0 Å². The molecule has 9 heteroatoms. The number of thioether (sulfide) groups is 1. The molecule has 2 aromatic carbocycles. The van der Waals surface area contributed by atoms with Gasteiger partial charge in [0.25, 0.3) is 0 Å². The number of hydrogen-bond acceptors (Lipinski definition) is 7. The van der Waals surface area contributed by atoms with E-state index in [-0.39, 0.29) is 11.7 Å². The molecule has 172 valence electrons. The smallest absolute Gasteiger partial charge is 0.234 e. The molecule has 1 N–H and O–H groups in total. The van der Waals surface area contributed by atoms with E-state index in [0.29, 0.717) is 10.7 Å². The van der Waals surface area contributed by atoms with Crippen molar-refractivity contribution in [3.8, 4) is 5.75 Å². The van der Waals surface area contributed by atoms with Gasteiger partial charge in [-0.1, -0.05) is 29.4 Å². The van der Waals surface area contributed by atoms with Crippen molar-refractivity contribution >= 4 is 46.5 Å². The molecule has 1 aliphatic rings. The van der Waals surface area contributed by atoms with E-state index in [0.717, 1.165) is 48.3 Å².